The molecule has 0 aromatic heterocycles. The third-order valence-corrected chi connectivity index (χ3v) is 1.04. The molecule has 0 aliphatic carbocycles. The van der Waals surface area contributed by atoms with Gasteiger partial charge in [-0.1, -0.05) is 12.7 Å². The molecule has 70 valence electrons. The molecule has 0 N–H and O–H groups in total. The standard InChI is InChI=1S/C9H16O3/c1-3-5-11-8-9-12-7-6-10-4-2/h3-5H,2,6-9H2,1H3/b5-3+. The molecule has 0 aliphatic heterocycles. The zero-order chi connectivity index (χ0) is 9.07. The second kappa shape index (κ2) is 10.0. The first kappa shape index (κ1) is 11.0. The molecular formula is C9H16O3. The van der Waals surface area contributed by atoms with Gasteiger partial charge in [0.25, 0.3) is 0 Å². The summed E-state index contributed by atoms with van der Waals surface area (Å²) in [4.78, 5) is 0. The van der Waals surface area contributed by atoms with Crippen molar-refractivity contribution >= 4 is 0 Å². The highest BCUT2D eigenvalue weighted by atomic mass is 16.5. The second-order valence-electron chi connectivity index (χ2n) is 1.99. The van der Waals surface area contributed by atoms with Gasteiger partial charge in [0.2, 0.25) is 0 Å². The normalized spacial score (nSPS) is 10.1. The van der Waals surface area contributed by atoms with E-state index in [1.165, 1.54) is 6.26 Å². The van der Waals surface area contributed by atoms with Gasteiger partial charge in [-0.3, -0.25) is 0 Å². The third kappa shape index (κ3) is 9.04. The molecule has 0 aromatic rings. The van der Waals surface area contributed by atoms with E-state index in [0.29, 0.717) is 26.4 Å². The lowest BCUT2D eigenvalue weighted by atomic mass is 10.7. The van der Waals surface area contributed by atoms with E-state index >= 15 is 0 Å². The quantitative estimate of drug-likeness (QED) is 0.412. The summed E-state index contributed by atoms with van der Waals surface area (Å²) in [6.45, 7) is 7.60. The minimum absolute atomic E-state index is 0.549. The Morgan fingerprint density at radius 1 is 1.08 bits per heavy atom. The van der Waals surface area contributed by atoms with Crippen molar-refractivity contribution in [2.75, 3.05) is 26.4 Å². The first-order valence-electron chi connectivity index (χ1n) is 3.95. The molecule has 0 aliphatic rings. The molecule has 0 atom stereocenters. The Bertz CT molecular complexity index is 121. The molecule has 12 heavy (non-hydrogen) atoms. The predicted molar refractivity (Wildman–Crippen MR) is 47.7 cm³/mol. The average Bonchev–Trinajstić information content (AvgIpc) is 2.10. The Balaban J connectivity index is 2.86. The molecule has 0 rings (SSSR count). The van der Waals surface area contributed by atoms with Gasteiger partial charge in [-0.25, -0.2) is 0 Å². The van der Waals surface area contributed by atoms with Crippen LogP contribution in [-0.2, 0) is 14.2 Å². The Morgan fingerprint density at radius 2 is 1.75 bits per heavy atom. The lowest BCUT2D eigenvalue weighted by Crippen LogP contribution is -2.06. The van der Waals surface area contributed by atoms with Crippen LogP contribution in [0.1, 0.15) is 6.92 Å². The van der Waals surface area contributed by atoms with Crippen LogP contribution in [-0.4, -0.2) is 26.4 Å². The molecule has 0 heterocycles. The van der Waals surface area contributed by atoms with Gasteiger partial charge in [-0.05, 0) is 6.92 Å². The van der Waals surface area contributed by atoms with E-state index in [4.69, 9.17) is 14.2 Å². The van der Waals surface area contributed by atoms with Crippen molar-refractivity contribution in [1.29, 1.82) is 0 Å². The van der Waals surface area contributed by atoms with Crippen LogP contribution in [0, 0.1) is 0 Å². The zero-order valence-electron chi connectivity index (χ0n) is 7.49. The van der Waals surface area contributed by atoms with Gasteiger partial charge in [0, 0.05) is 0 Å². The largest absolute Gasteiger partial charge is 0.499 e. The third-order valence-electron chi connectivity index (χ3n) is 1.04. The van der Waals surface area contributed by atoms with E-state index in [1.807, 2.05) is 13.0 Å². The SMILES string of the molecule is C=COCCOCCO/C=C/C. The van der Waals surface area contributed by atoms with Gasteiger partial charge in [0.05, 0.1) is 25.7 Å². The van der Waals surface area contributed by atoms with Crippen molar-refractivity contribution in [3.05, 3.63) is 25.2 Å². The van der Waals surface area contributed by atoms with Gasteiger partial charge >= 0.3 is 0 Å². The highest BCUT2D eigenvalue weighted by Gasteiger charge is 1.86. The van der Waals surface area contributed by atoms with Crippen molar-refractivity contribution in [2.24, 2.45) is 0 Å². The van der Waals surface area contributed by atoms with E-state index in [0.717, 1.165) is 0 Å². The molecule has 0 spiro atoms. The highest BCUT2D eigenvalue weighted by Crippen LogP contribution is 1.81. The van der Waals surface area contributed by atoms with Crippen molar-refractivity contribution in [3.8, 4) is 0 Å². The number of hydrogen-bond acceptors (Lipinski definition) is 3. The maximum atomic E-state index is 5.15. The molecule has 0 unspecified atom stereocenters. The van der Waals surface area contributed by atoms with Crippen LogP contribution in [0.2, 0.25) is 0 Å². The summed E-state index contributed by atoms with van der Waals surface area (Å²) in [5, 5.41) is 0. The Kier molecular flexibility index (Phi) is 9.24. The summed E-state index contributed by atoms with van der Waals surface area (Å²) >= 11 is 0. The van der Waals surface area contributed by atoms with Crippen LogP contribution in [0.4, 0.5) is 0 Å². The Morgan fingerprint density at radius 3 is 2.33 bits per heavy atom. The molecule has 3 heteroatoms. The Labute approximate surface area is 73.6 Å². The molecule has 0 saturated carbocycles. The van der Waals surface area contributed by atoms with Crippen LogP contribution < -0.4 is 0 Å². The fourth-order valence-electron chi connectivity index (χ4n) is 0.564. The zero-order valence-corrected chi connectivity index (χ0v) is 7.49. The van der Waals surface area contributed by atoms with Gasteiger partial charge in [-0.2, -0.15) is 0 Å². The van der Waals surface area contributed by atoms with Crippen molar-refractivity contribution < 1.29 is 14.2 Å². The van der Waals surface area contributed by atoms with E-state index in [9.17, 15) is 0 Å². The van der Waals surface area contributed by atoms with Crippen LogP contribution in [0.3, 0.4) is 0 Å². The summed E-state index contributed by atoms with van der Waals surface area (Å²) in [5.41, 5.74) is 0. The molecule has 3 nitrogen and oxygen atoms in total. The molecular weight excluding hydrogens is 156 g/mol. The number of allylic oxidation sites excluding steroid dienone is 1. The summed E-state index contributed by atoms with van der Waals surface area (Å²) < 4.78 is 15.0. The van der Waals surface area contributed by atoms with Crippen LogP contribution >= 0.6 is 0 Å². The van der Waals surface area contributed by atoms with Crippen molar-refractivity contribution in [2.45, 2.75) is 6.92 Å². The van der Waals surface area contributed by atoms with E-state index in [2.05, 4.69) is 6.58 Å². The van der Waals surface area contributed by atoms with Crippen LogP contribution in [0.15, 0.2) is 25.2 Å². The predicted octanol–water partition coefficient (Wildman–Crippen LogP) is 1.71. The molecule has 0 saturated heterocycles. The van der Waals surface area contributed by atoms with Gasteiger partial charge < -0.3 is 14.2 Å². The first-order chi connectivity index (χ1) is 5.91. The molecule has 0 amide bonds. The number of hydrogen-bond donors (Lipinski definition) is 0. The van der Waals surface area contributed by atoms with Crippen molar-refractivity contribution in [3.63, 3.8) is 0 Å². The topological polar surface area (TPSA) is 27.7 Å². The fraction of sp³-hybridized carbons (Fsp3) is 0.556. The molecule has 0 radical (unpaired) electrons. The summed E-state index contributed by atoms with van der Waals surface area (Å²) in [5.74, 6) is 0. The van der Waals surface area contributed by atoms with Crippen molar-refractivity contribution in [1.82, 2.24) is 0 Å². The molecule has 0 bridgehead atoms. The maximum absolute atomic E-state index is 5.15. The minimum atomic E-state index is 0.549. The number of ether oxygens (including phenoxy) is 3. The fourth-order valence-corrected chi connectivity index (χ4v) is 0.564. The van der Waals surface area contributed by atoms with E-state index in [1.54, 1.807) is 6.26 Å². The molecule has 0 fully saturated rings. The monoisotopic (exact) mass is 172 g/mol. The van der Waals surface area contributed by atoms with Gasteiger partial charge in [0.15, 0.2) is 0 Å². The van der Waals surface area contributed by atoms with Crippen LogP contribution in [0.25, 0.3) is 0 Å². The molecule has 0 aromatic carbocycles. The van der Waals surface area contributed by atoms with E-state index < -0.39 is 0 Å². The summed E-state index contributed by atoms with van der Waals surface area (Å²) in [6, 6.07) is 0. The summed E-state index contributed by atoms with van der Waals surface area (Å²) in [7, 11) is 0. The summed E-state index contributed by atoms with van der Waals surface area (Å²) in [6.07, 6.45) is 4.88. The highest BCUT2D eigenvalue weighted by molar-refractivity contribution is 4.64. The number of rotatable bonds is 8. The van der Waals surface area contributed by atoms with Gasteiger partial charge in [-0.15, -0.1) is 0 Å². The lowest BCUT2D eigenvalue weighted by Gasteiger charge is -2.03. The smallest absolute Gasteiger partial charge is 0.111 e. The van der Waals surface area contributed by atoms with E-state index in [-0.39, 0.29) is 0 Å². The first-order valence-corrected chi connectivity index (χ1v) is 3.95. The average molecular weight is 172 g/mol. The van der Waals surface area contributed by atoms with Crippen LogP contribution in [0.5, 0.6) is 0 Å². The second-order valence-corrected chi connectivity index (χ2v) is 1.99. The minimum Gasteiger partial charge on any atom is -0.499 e. The maximum Gasteiger partial charge on any atom is 0.111 e. The van der Waals surface area contributed by atoms with Gasteiger partial charge in [0.1, 0.15) is 13.2 Å². The lowest BCUT2D eigenvalue weighted by molar-refractivity contribution is 0.0557. The Hall–Kier alpha value is -0.960.